The summed E-state index contributed by atoms with van der Waals surface area (Å²) in [6.45, 7) is 13.0. The molecule has 6 atom stereocenters. The fourth-order valence-electron chi connectivity index (χ4n) is 13.2. The number of hydrogen-bond acceptors (Lipinski definition) is 18. The first-order chi connectivity index (χ1) is 53.9. The molecule has 6 N–H and O–H groups in total. The van der Waals surface area contributed by atoms with Crippen LogP contribution < -0.4 is 26.6 Å². The molecule has 0 aromatic carbocycles. The standard InChI is InChI=1S/2C18H31NO4.C18H33NO3.C18H31NO3.C16H27NO4/c2*1-2-3-4-5-6-7-8-9-10-11-15(20)14-17(21)19-16-12-13-23-18(16)22;2*1-2-3-4-5-6-7-8-9-10-11-12-13-17(20)19-16-14-15-22-18(16)21;1-2-3-4-5-6-7-8-9-13(18)12-15(19)17-14-10-11-21-16(14)20/h16H,2-14H2,1H3,(H,19,21);7-8,15-16,20H,2-6,9-14H2,1H3,(H,19,21);16H,2-15H2,1H3,(H,19,20);7-8,16H,2-6,9-15H2,1H3,(H,19,20);14H,2-12H2,1H3,(H,17,19)/b;8-7-;;8-7-;/t16-;15?,16-;2*16-;14-/m00000/s1. The van der Waals surface area contributed by atoms with E-state index in [1.54, 1.807) is 0 Å². The van der Waals surface area contributed by atoms with Crippen LogP contribution in [-0.4, -0.2) is 145 Å². The van der Waals surface area contributed by atoms with Gasteiger partial charge in [-0.25, -0.2) is 24.0 Å². The van der Waals surface area contributed by atoms with Crippen molar-refractivity contribution < 1.29 is 86.3 Å². The van der Waals surface area contributed by atoms with Crippen LogP contribution in [0, 0.1) is 0 Å². The van der Waals surface area contributed by atoms with Crippen LogP contribution in [-0.2, 0) is 81.2 Å². The molecule has 5 fully saturated rings. The number of cyclic esters (lactones) is 5. The van der Waals surface area contributed by atoms with E-state index in [-0.39, 0.29) is 78.3 Å². The number of Topliss-reactive ketones (excluding diaryl/α,β-unsaturated/α-hetero) is 2. The minimum absolute atomic E-state index is 0.0141. The van der Waals surface area contributed by atoms with Crippen molar-refractivity contribution in [1.82, 2.24) is 26.6 Å². The van der Waals surface area contributed by atoms with Gasteiger partial charge in [-0.2, -0.15) is 0 Å². The van der Waals surface area contributed by atoms with E-state index in [0.717, 1.165) is 89.9 Å². The summed E-state index contributed by atoms with van der Waals surface area (Å²) < 4.78 is 23.9. The highest BCUT2D eigenvalue weighted by Gasteiger charge is 2.32. The highest BCUT2D eigenvalue weighted by atomic mass is 16.6. The summed E-state index contributed by atoms with van der Waals surface area (Å²) in [5, 5.41) is 23.1. The molecule has 0 aromatic heterocycles. The maximum absolute atomic E-state index is 11.7. The molecule has 5 heterocycles. The van der Waals surface area contributed by atoms with Gasteiger partial charge in [-0.1, -0.05) is 258 Å². The zero-order valence-corrected chi connectivity index (χ0v) is 69.8. The third-order valence-corrected chi connectivity index (χ3v) is 20.1. The topological polar surface area (TPSA) is 331 Å². The van der Waals surface area contributed by atoms with Crippen molar-refractivity contribution in [3.63, 3.8) is 0 Å². The Bertz CT molecular complexity index is 2580. The number of rotatable bonds is 61. The molecule has 23 nitrogen and oxygen atoms in total. The number of aliphatic hydroxyl groups is 1. The first kappa shape index (κ1) is 102. The molecule has 5 aliphatic heterocycles. The van der Waals surface area contributed by atoms with E-state index in [4.69, 9.17) is 23.7 Å². The molecule has 5 aliphatic rings. The average Bonchev–Trinajstić information content (AvgIpc) is 1.81. The fraction of sp³-hybridized carbons (Fsp3) is 0.818. The second-order valence-corrected chi connectivity index (χ2v) is 30.6. The number of nitrogens with one attached hydrogen (secondary N) is 5. The third-order valence-electron chi connectivity index (χ3n) is 20.1. The Balaban J connectivity index is 0.000000694. The van der Waals surface area contributed by atoms with Crippen LogP contribution in [0.25, 0.3) is 0 Å². The van der Waals surface area contributed by atoms with Crippen LogP contribution in [0.2, 0.25) is 0 Å². The summed E-state index contributed by atoms with van der Waals surface area (Å²) >= 11 is 0. The summed E-state index contributed by atoms with van der Waals surface area (Å²) in [4.78, 5) is 138. The molecule has 0 radical (unpaired) electrons. The molecule has 0 saturated carbocycles. The van der Waals surface area contributed by atoms with E-state index >= 15 is 0 Å². The van der Waals surface area contributed by atoms with E-state index in [1.165, 1.54) is 186 Å². The molecule has 1 unspecified atom stereocenters. The van der Waals surface area contributed by atoms with Gasteiger partial charge >= 0.3 is 29.8 Å². The van der Waals surface area contributed by atoms with Crippen molar-refractivity contribution in [2.45, 2.75) is 430 Å². The Morgan fingerprint density at radius 3 is 0.775 bits per heavy atom. The average molecular weight is 1570 g/mol. The Kier molecular flexibility index (Phi) is 66.9. The lowest BCUT2D eigenvalue weighted by Gasteiger charge is -2.12. The van der Waals surface area contributed by atoms with Crippen molar-refractivity contribution in [2.24, 2.45) is 0 Å². The number of carbonyl (C=O) groups is 12. The lowest BCUT2D eigenvalue weighted by molar-refractivity contribution is -0.142. The maximum Gasteiger partial charge on any atom is 0.328 e. The molecule has 638 valence electrons. The molecule has 5 saturated heterocycles. The molecule has 0 aromatic rings. The summed E-state index contributed by atoms with van der Waals surface area (Å²) in [5.41, 5.74) is 0. The highest BCUT2D eigenvalue weighted by molar-refractivity contribution is 6.00. The van der Waals surface area contributed by atoms with E-state index in [9.17, 15) is 62.6 Å². The zero-order chi connectivity index (χ0) is 81.4. The number of aliphatic hydroxyl groups excluding tert-OH is 1. The Morgan fingerprint density at radius 2 is 0.514 bits per heavy atom. The second-order valence-electron chi connectivity index (χ2n) is 30.6. The van der Waals surface area contributed by atoms with Crippen LogP contribution in [0.1, 0.15) is 394 Å². The van der Waals surface area contributed by atoms with Crippen LogP contribution in [0.15, 0.2) is 24.3 Å². The first-order valence-corrected chi connectivity index (χ1v) is 44.2. The number of amides is 5. The Morgan fingerprint density at radius 1 is 0.297 bits per heavy atom. The SMILES string of the molecule is CCCCCC/C=C\CCCC(O)CC(=O)N[C@H]1CCOC1=O.CCCCCC/C=C\CCCCCC(=O)N[C@H]1CCOC1=O.CCCCCCCCCC(=O)CC(=O)N[C@H]1CCOC1=O.CCCCCCCCCCCC(=O)CC(=O)N[C@H]1CCOC1=O.CCCCCCCCCCCCCC(=O)N[C@H]1CCOC1=O. The van der Waals surface area contributed by atoms with Crippen LogP contribution >= 0.6 is 0 Å². The molecule has 0 spiro atoms. The van der Waals surface area contributed by atoms with Gasteiger partial charge in [0.2, 0.25) is 29.5 Å². The maximum atomic E-state index is 11.7. The van der Waals surface area contributed by atoms with Gasteiger partial charge in [-0.3, -0.25) is 33.6 Å². The summed E-state index contributed by atoms with van der Waals surface area (Å²) in [7, 11) is 0. The monoisotopic (exact) mass is 1570 g/mol. The molecule has 5 amide bonds. The summed E-state index contributed by atoms with van der Waals surface area (Å²) in [5.74, 6) is -2.91. The smallest absolute Gasteiger partial charge is 0.328 e. The van der Waals surface area contributed by atoms with Crippen LogP contribution in [0.4, 0.5) is 0 Å². The molecule has 0 aliphatic carbocycles. The van der Waals surface area contributed by atoms with E-state index < -0.39 is 48.3 Å². The largest absolute Gasteiger partial charge is 0.464 e. The van der Waals surface area contributed by atoms with Crippen molar-refractivity contribution in [3.05, 3.63) is 24.3 Å². The van der Waals surface area contributed by atoms with Gasteiger partial charge in [-0.05, 0) is 83.5 Å². The minimum atomic E-state index is -0.648. The first-order valence-electron chi connectivity index (χ1n) is 44.2. The van der Waals surface area contributed by atoms with Crippen molar-refractivity contribution >= 4 is 70.9 Å². The fourth-order valence-corrected chi connectivity index (χ4v) is 13.2. The highest BCUT2D eigenvalue weighted by Crippen LogP contribution is 2.18. The summed E-state index contributed by atoms with van der Waals surface area (Å²) in [6.07, 6.45) is 65.0. The lowest BCUT2D eigenvalue weighted by Crippen LogP contribution is -2.39. The molecular formula is C88H153N5O18. The molecule has 23 heteroatoms. The van der Waals surface area contributed by atoms with Gasteiger partial charge in [0.15, 0.2) is 0 Å². The quantitative estimate of drug-likeness (QED) is 0.0108. The number of unbranched alkanes of at least 4 members (excludes halogenated alkanes) is 36. The number of hydrogen-bond donors (Lipinski definition) is 6. The normalized spacial score (nSPS) is 17.8. The zero-order valence-electron chi connectivity index (χ0n) is 69.8. The van der Waals surface area contributed by atoms with E-state index in [0.29, 0.717) is 97.2 Å². The molecule has 111 heavy (non-hydrogen) atoms. The van der Waals surface area contributed by atoms with Crippen LogP contribution in [0.3, 0.4) is 0 Å². The Labute approximate surface area is 668 Å². The molecule has 0 bridgehead atoms. The number of ketones is 2. The number of ether oxygens (including phenoxy) is 5. The summed E-state index contributed by atoms with van der Waals surface area (Å²) in [6, 6.07) is -2.49. The molecular weight excluding hydrogens is 1410 g/mol. The number of esters is 5. The minimum Gasteiger partial charge on any atom is -0.464 e. The van der Waals surface area contributed by atoms with Gasteiger partial charge in [0.1, 0.15) is 41.8 Å². The number of carbonyl (C=O) groups excluding carboxylic acids is 12. The van der Waals surface area contributed by atoms with Gasteiger partial charge in [0.05, 0.1) is 58.4 Å². The lowest BCUT2D eigenvalue weighted by atomic mass is 10.0. The van der Waals surface area contributed by atoms with Gasteiger partial charge in [0.25, 0.3) is 0 Å². The van der Waals surface area contributed by atoms with Gasteiger partial charge < -0.3 is 55.4 Å². The van der Waals surface area contributed by atoms with Crippen LogP contribution in [0.5, 0.6) is 0 Å². The van der Waals surface area contributed by atoms with Crippen molar-refractivity contribution in [3.8, 4) is 0 Å². The Hall–Kier alpha value is -6.52. The van der Waals surface area contributed by atoms with Gasteiger partial charge in [-0.15, -0.1) is 0 Å². The van der Waals surface area contributed by atoms with E-state index in [2.05, 4.69) is 85.5 Å². The van der Waals surface area contributed by atoms with Gasteiger partial charge in [0, 0.05) is 57.8 Å². The second kappa shape index (κ2) is 72.4. The third kappa shape index (κ3) is 60.7. The predicted molar refractivity (Wildman–Crippen MR) is 436 cm³/mol. The van der Waals surface area contributed by atoms with Crippen molar-refractivity contribution in [2.75, 3.05) is 33.0 Å². The van der Waals surface area contributed by atoms with Crippen molar-refractivity contribution in [1.29, 1.82) is 0 Å². The predicted octanol–water partition coefficient (Wildman–Crippen LogP) is 16.7. The molecule has 5 rings (SSSR count). The van der Waals surface area contributed by atoms with E-state index in [1.807, 2.05) is 0 Å². The number of allylic oxidation sites excluding steroid dienone is 4.